The van der Waals surface area contributed by atoms with Crippen molar-refractivity contribution < 1.29 is 9.32 Å². The average Bonchev–Trinajstić information content (AvgIpc) is 2.75. The van der Waals surface area contributed by atoms with Crippen molar-refractivity contribution in [2.45, 2.75) is 0 Å². The number of nitrogens with one attached hydrogen (secondary N) is 1. The Bertz CT molecular complexity index is 438. The summed E-state index contributed by atoms with van der Waals surface area (Å²) in [4.78, 5) is 12.2. The van der Waals surface area contributed by atoms with E-state index in [9.17, 15) is 4.79 Å². The van der Waals surface area contributed by atoms with Crippen LogP contribution in [0.15, 0.2) is 32.9 Å². The molecule has 0 aliphatic heterocycles. The van der Waals surface area contributed by atoms with E-state index in [0.29, 0.717) is 10.6 Å². The molecule has 4 nitrogen and oxygen atoms in total. The van der Waals surface area contributed by atoms with E-state index in [0.717, 1.165) is 3.79 Å². The number of hydrogen-bond donors (Lipinski definition) is 1. The molecule has 6 heteroatoms. The van der Waals surface area contributed by atoms with Crippen molar-refractivity contribution in [3.05, 3.63) is 33.3 Å². The van der Waals surface area contributed by atoms with Gasteiger partial charge >= 0.3 is 0 Å². The van der Waals surface area contributed by atoms with E-state index in [1.165, 1.54) is 23.8 Å². The van der Waals surface area contributed by atoms with Gasteiger partial charge in [0.1, 0.15) is 12.0 Å². The molecule has 0 aliphatic carbocycles. The molecule has 0 saturated heterocycles. The molecule has 0 bridgehead atoms. The Morgan fingerprint density at radius 3 is 3.00 bits per heavy atom. The second-order valence-electron chi connectivity index (χ2n) is 2.47. The standard InChI is InChI=1S/C8H5BrN2O2S/c9-7-2-1-6(14-7)8(12)11-5-3-10-13-4-5/h1-4H,(H,11,12). The SMILES string of the molecule is O=C(Nc1cnoc1)c1ccc(Br)s1. The van der Waals surface area contributed by atoms with E-state index < -0.39 is 0 Å². The van der Waals surface area contributed by atoms with Crippen molar-refractivity contribution in [2.24, 2.45) is 0 Å². The van der Waals surface area contributed by atoms with E-state index in [1.807, 2.05) is 6.07 Å². The van der Waals surface area contributed by atoms with Gasteiger partial charge in [-0.3, -0.25) is 4.79 Å². The minimum Gasteiger partial charge on any atom is -0.363 e. The van der Waals surface area contributed by atoms with Crippen LogP contribution in [0.5, 0.6) is 0 Å². The van der Waals surface area contributed by atoms with Gasteiger partial charge in [-0.15, -0.1) is 11.3 Å². The van der Waals surface area contributed by atoms with Crippen molar-refractivity contribution in [1.82, 2.24) is 5.16 Å². The highest BCUT2D eigenvalue weighted by Crippen LogP contribution is 2.22. The molecule has 0 aromatic carbocycles. The fourth-order valence-corrected chi connectivity index (χ4v) is 2.18. The van der Waals surface area contributed by atoms with Gasteiger partial charge in [-0.25, -0.2) is 0 Å². The van der Waals surface area contributed by atoms with Crippen molar-refractivity contribution >= 4 is 38.9 Å². The quantitative estimate of drug-likeness (QED) is 0.915. The lowest BCUT2D eigenvalue weighted by Gasteiger charge is -1.96. The largest absolute Gasteiger partial charge is 0.363 e. The molecule has 14 heavy (non-hydrogen) atoms. The molecule has 0 saturated carbocycles. The zero-order valence-corrected chi connectivity index (χ0v) is 9.26. The highest BCUT2D eigenvalue weighted by Gasteiger charge is 2.09. The van der Waals surface area contributed by atoms with Crippen LogP contribution < -0.4 is 5.32 Å². The summed E-state index contributed by atoms with van der Waals surface area (Å²) in [5.41, 5.74) is 0.555. The number of nitrogens with zero attached hydrogens (tertiary/aromatic N) is 1. The van der Waals surface area contributed by atoms with Gasteiger partial charge in [-0.2, -0.15) is 0 Å². The van der Waals surface area contributed by atoms with Crippen LogP contribution in [-0.4, -0.2) is 11.1 Å². The van der Waals surface area contributed by atoms with E-state index in [4.69, 9.17) is 0 Å². The summed E-state index contributed by atoms with van der Waals surface area (Å²) in [5, 5.41) is 6.12. The monoisotopic (exact) mass is 272 g/mol. The molecular weight excluding hydrogens is 268 g/mol. The lowest BCUT2D eigenvalue weighted by molar-refractivity contribution is 0.103. The second kappa shape index (κ2) is 3.93. The predicted octanol–water partition coefficient (Wildman–Crippen LogP) is 2.75. The van der Waals surface area contributed by atoms with Gasteiger partial charge in [0.15, 0.2) is 0 Å². The molecule has 0 fully saturated rings. The van der Waals surface area contributed by atoms with E-state index in [2.05, 4.69) is 30.9 Å². The van der Waals surface area contributed by atoms with Gasteiger partial charge < -0.3 is 9.84 Å². The number of rotatable bonds is 2. The molecule has 0 spiro atoms. The second-order valence-corrected chi connectivity index (χ2v) is 4.93. The third kappa shape index (κ3) is 2.02. The molecule has 2 heterocycles. The average molecular weight is 273 g/mol. The van der Waals surface area contributed by atoms with Crippen molar-refractivity contribution in [2.75, 3.05) is 5.32 Å². The molecule has 2 aromatic rings. The first kappa shape index (κ1) is 9.42. The molecule has 0 aliphatic rings. The number of carbonyl (C=O) groups excluding carboxylic acids is 1. The molecule has 1 N–H and O–H groups in total. The Balaban J connectivity index is 2.10. The number of carbonyl (C=O) groups is 1. The van der Waals surface area contributed by atoms with Crippen molar-refractivity contribution in [1.29, 1.82) is 0 Å². The molecular formula is C8H5BrN2O2S. The first-order valence-electron chi connectivity index (χ1n) is 3.72. The Kier molecular flexibility index (Phi) is 2.64. The van der Waals surface area contributed by atoms with Crippen LogP contribution in [-0.2, 0) is 0 Å². The Labute approximate surface area is 92.0 Å². The van der Waals surface area contributed by atoms with Gasteiger partial charge in [-0.05, 0) is 28.1 Å². The van der Waals surface area contributed by atoms with Gasteiger partial charge in [0, 0.05) is 0 Å². The van der Waals surface area contributed by atoms with Gasteiger partial charge in [0.2, 0.25) is 0 Å². The molecule has 2 aromatic heterocycles. The summed E-state index contributed by atoms with van der Waals surface area (Å²) in [6, 6.07) is 3.57. The number of anilines is 1. The summed E-state index contributed by atoms with van der Waals surface area (Å²) < 4.78 is 5.51. The Morgan fingerprint density at radius 1 is 1.57 bits per heavy atom. The summed E-state index contributed by atoms with van der Waals surface area (Å²) in [6.45, 7) is 0. The number of hydrogen-bond acceptors (Lipinski definition) is 4. The van der Waals surface area contributed by atoms with Crippen molar-refractivity contribution in [3.63, 3.8) is 0 Å². The van der Waals surface area contributed by atoms with E-state index in [-0.39, 0.29) is 5.91 Å². The number of halogens is 1. The summed E-state index contributed by atoms with van der Waals surface area (Å²) in [7, 11) is 0. The number of aromatic nitrogens is 1. The molecule has 72 valence electrons. The van der Waals surface area contributed by atoms with Gasteiger partial charge in [0.25, 0.3) is 5.91 Å². The summed E-state index contributed by atoms with van der Waals surface area (Å²) in [5.74, 6) is -0.163. The Morgan fingerprint density at radius 2 is 2.43 bits per heavy atom. The third-order valence-corrected chi connectivity index (χ3v) is 3.11. The minimum absolute atomic E-state index is 0.163. The molecule has 1 amide bonds. The van der Waals surface area contributed by atoms with Crippen LogP contribution >= 0.6 is 27.3 Å². The molecule has 0 unspecified atom stereocenters. The lowest BCUT2D eigenvalue weighted by Crippen LogP contribution is -2.09. The number of amides is 1. The highest BCUT2D eigenvalue weighted by molar-refractivity contribution is 9.11. The normalized spacial score (nSPS) is 10.1. The number of thiophene rings is 1. The van der Waals surface area contributed by atoms with Gasteiger partial charge in [0.05, 0.1) is 14.9 Å². The topological polar surface area (TPSA) is 55.1 Å². The van der Waals surface area contributed by atoms with Crippen molar-refractivity contribution in [3.8, 4) is 0 Å². The fourth-order valence-electron chi connectivity index (χ4n) is 0.896. The van der Waals surface area contributed by atoms with Crippen LogP contribution in [0.3, 0.4) is 0 Å². The minimum atomic E-state index is -0.163. The highest BCUT2D eigenvalue weighted by atomic mass is 79.9. The third-order valence-electron chi connectivity index (χ3n) is 1.49. The lowest BCUT2D eigenvalue weighted by atomic mass is 10.4. The summed E-state index contributed by atoms with van der Waals surface area (Å²) in [6.07, 6.45) is 2.82. The molecule has 0 radical (unpaired) electrons. The Hall–Kier alpha value is -1.14. The maximum atomic E-state index is 11.5. The first-order valence-corrected chi connectivity index (χ1v) is 5.33. The zero-order chi connectivity index (χ0) is 9.97. The zero-order valence-electron chi connectivity index (χ0n) is 6.86. The van der Waals surface area contributed by atoms with Crippen LogP contribution in [0.2, 0.25) is 0 Å². The predicted molar refractivity (Wildman–Crippen MR) is 56.5 cm³/mol. The molecule has 2 rings (SSSR count). The van der Waals surface area contributed by atoms with E-state index >= 15 is 0 Å². The first-order chi connectivity index (χ1) is 6.75. The smallest absolute Gasteiger partial charge is 0.265 e. The fraction of sp³-hybridized carbons (Fsp3) is 0. The molecule has 0 atom stereocenters. The maximum Gasteiger partial charge on any atom is 0.265 e. The van der Waals surface area contributed by atoms with Crippen LogP contribution in [0.1, 0.15) is 9.67 Å². The maximum absolute atomic E-state index is 11.5. The van der Waals surface area contributed by atoms with Crippen LogP contribution in [0.25, 0.3) is 0 Å². The van der Waals surface area contributed by atoms with Gasteiger partial charge in [-0.1, -0.05) is 5.16 Å². The summed E-state index contributed by atoms with van der Waals surface area (Å²) >= 11 is 4.66. The van der Waals surface area contributed by atoms with E-state index in [1.54, 1.807) is 6.07 Å². The van der Waals surface area contributed by atoms with Crippen LogP contribution in [0, 0.1) is 0 Å². The van der Waals surface area contributed by atoms with Crippen LogP contribution in [0.4, 0.5) is 5.69 Å².